The topological polar surface area (TPSA) is 42.8 Å². The second-order valence-electron chi connectivity index (χ2n) is 3.75. The largest absolute Gasteiger partial charge is 0.485 e. The number of aromatic amines is 1. The number of benzene rings is 1. The molecule has 1 heterocycles. The molecule has 1 aromatic heterocycles. The van der Waals surface area contributed by atoms with Crippen molar-refractivity contribution in [3.05, 3.63) is 40.4 Å². The monoisotopic (exact) mass is 249 g/mol. The molecule has 0 bridgehead atoms. The van der Waals surface area contributed by atoms with Crippen molar-refractivity contribution in [3.8, 4) is 5.75 Å². The van der Waals surface area contributed by atoms with Crippen LogP contribution in [-0.4, -0.2) is 14.8 Å². The van der Waals surface area contributed by atoms with E-state index in [9.17, 15) is 0 Å². The Kier molecular flexibility index (Phi) is 3.58. The number of aromatic nitrogens is 3. The molecule has 5 heteroatoms. The number of rotatable bonds is 4. The van der Waals surface area contributed by atoms with E-state index in [1.165, 1.54) is 5.56 Å². The van der Waals surface area contributed by atoms with Crippen LogP contribution in [-0.2, 0) is 20.1 Å². The summed E-state index contributed by atoms with van der Waals surface area (Å²) in [6.45, 7) is 2.53. The quantitative estimate of drug-likeness (QED) is 0.847. The number of nitrogens with one attached hydrogen (secondary N) is 1. The average Bonchev–Trinajstić information content (AvgIpc) is 2.68. The number of nitrogens with zero attached hydrogens (tertiary/aromatic N) is 2. The third-order valence-electron chi connectivity index (χ3n) is 2.68. The second-order valence-corrected chi connectivity index (χ2v) is 4.14. The van der Waals surface area contributed by atoms with Gasteiger partial charge in [-0.3, -0.25) is 5.10 Å². The minimum absolute atomic E-state index is 0.417. The van der Waals surface area contributed by atoms with Crippen molar-refractivity contribution < 1.29 is 4.74 Å². The number of ether oxygens (including phenoxy) is 1. The van der Waals surface area contributed by atoms with Crippen LogP contribution in [0.2, 0.25) is 0 Å². The number of H-pyrrole nitrogens is 1. The maximum atomic E-state index is 5.76. The van der Waals surface area contributed by atoms with Crippen molar-refractivity contribution >= 4 is 12.2 Å². The highest BCUT2D eigenvalue weighted by atomic mass is 32.1. The van der Waals surface area contributed by atoms with Crippen LogP contribution >= 0.6 is 12.2 Å². The summed E-state index contributed by atoms with van der Waals surface area (Å²) in [5.41, 5.74) is 1.20. The highest BCUT2D eigenvalue weighted by Crippen LogP contribution is 2.19. The van der Waals surface area contributed by atoms with Gasteiger partial charge in [0.25, 0.3) is 0 Å². The standard InChI is InChI=1S/C12H15N3OS/c1-3-9-6-4-5-7-10(9)16-8-11-13-14-12(17)15(11)2/h4-7H,3,8H2,1-2H3,(H,14,17). The Morgan fingerprint density at radius 2 is 2.18 bits per heavy atom. The van der Waals surface area contributed by atoms with E-state index in [0.29, 0.717) is 11.4 Å². The molecular formula is C12H15N3OS. The van der Waals surface area contributed by atoms with Crippen LogP contribution in [0.5, 0.6) is 5.75 Å². The van der Waals surface area contributed by atoms with Gasteiger partial charge < -0.3 is 9.30 Å². The molecule has 17 heavy (non-hydrogen) atoms. The average molecular weight is 249 g/mol. The molecule has 2 rings (SSSR count). The lowest BCUT2D eigenvalue weighted by Crippen LogP contribution is -2.04. The summed E-state index contributed by atoms with van der Waals surface area (Å²) in [4.78, 5) is 0. The summed E-state index contributed by atoms with van der Waals surface area (Å²) >= 11 is 5.04. The molecule has 0 amide bonds. The van der Waals surface area contributed by atoms with Crippen LogP contribution in [0, 0.1) is 4.77 Å². The van der Waals surface area contributed by atoms with Gasteiger partial charge in [-0.15, -0.1) is 0 Å². The van der Waals surface area contributed by atoms with Gasteiger partial charge in [0.1, 0.15) is 12.4 Å². The van der Waals surface area contributed by atoms with E-state index in [1.54, 1.807) is 0 Å². The van der Waals surface area contributed by atoms with Crippen LogP contribution in [0.15, 0.2) is 24.3 Å². The van der Waals surface area contributed by atoms with Gasteiger partial charge in [0.15, 0.2) is 10.6 Å². The molecule has 0 radical (unpaired) electrons. The van der Waals surface area contributed by atoms with E-state index in [4.69, 9.17) is 17.0 Å². The lowest BCUT2D eigenvalue weighted by Gasteiger charge is -2.09. The van der Waals surface area contributed by atoms with Crippen molar-refractivity contribution in [3.63, 3.8) is 0 Å². The molecule has 0 spiro atoms. The minimum Gasteiger partial charge on any atom is -0.485 e. The SMILES string of the molecule is CCc1ccccc1OCc1n[nH]c(=S)n1C. The summed E-state index contributed by atoms with van der Waals surface area (Å²) in [5.74, 6) is 1.70. The Bertz CT molecular complexity index is 559. The van der Waals surface area contributed by atoms with E-state index in [-0.39, 0.29) is 0 Å². The Hall–Kier alpha value is -1.62. The maximum Gasteiger partial charge on any atom is 0.194 e. The molecule has 0 aliphatic carbocycles. The molecule has 4 nitrogen and oxygen atoms in total. The van der Waals surface area contributed by atoms with Gasteiger partial charge in [0.05, 0.1) is 0 Å². The fourth-order valence-corrected chi connectivity index (χ4v) is 1.74. The van der Waals surface area contributed by atoms with Crippen LogP contribution in [0.3, 0.4) is 0 Å². The summed E-state index contributed by atoms with van der Waals surface area (Å²) in [6.07, 6.45) is 0.954. The fourth-order valence-electron chi connectivity index (χ4n) is 1.59. The number of para-hydroxylation sites is 1. The molecule has 90 valence electrons. The second kappa shape index (κ2) is 5.14. The summed E-state index contributed by atoms with van der Waals surface area (Å²) in [5, 5.41) is 6.84. The first-order chi connectivity index (χ1) is 8.22. The summed E-state index contributed by atoms with van der Waals surface area (Å²) in [7, 11) is 1.87. The highest BCUT2D eigenvalue weighted by molar-refractivity contribution is 7.71. The number of aryl methyl sites for hydroxylation is 1. The Morgan fingerprint density at radius 1 is 1.41 bits per heavy atom. The molecular weight excluding hydrogens is 234 g/mol. The highest BCUT2D eigenvalue weighted by Gasteiger charge is 2.05. The van der Waals surface area contributed by atoms with Crippen molar-refractivity contribution in [2.24, 2.45) is 7.05 Å². The molecule has 0 aliphatic heterocycles. The molecule has 2 aromatic rings. The molecule has 1 N–H and O–H groups in total. The van der Waals surface area contributed by atoms with Crippen molar-refractivity contribution in [2.45, 2.75) is 20.0 Å². The fraction of sp³-hybridized carbons (Fsp3) is 0.333. The van der Waals surface area contributed by atoms with Crippen LogP contribution in [0.25, 0.3) is 0 Å². The maximum absolute atomic E-state index is 5.76. The number of hydrogen-bond acceptors (Lipinski definition) is 3. The Morgan fingerprint density at radius 3 is 2.82 bits per heavy atom. The molecule has 1 aromatic carbocycles. The molecule has 0 unspecified atom stereocenters. The Balaban J connectivity index is 2.12. The molecule has 0 saturated heterocycles. The zero-order valence-corrected chi connectivity index (χ0v) is 10.8. The van der Waals surface area contributed by atoms with Crippen LogP contribution in [0.1, 0.15) is 18.3 Å². The van der Waals surface area contributed by atoms with E-state index in [1.807, 2.05) is 29.8 Å². The molecule has 0 atom stereocenters. The van der Waals surface area contributed by atoms with E-state index in [2.05, 4.69) is 23.2 Å². The molecule has 0 fully saturated rings. The lowest BCUT2D eigenvalue weighted by atomic mass is 10.1. The smallest absolute Gasteiger partial charge is 0.194 e. The molecule has 0 aliphatic rings. The van der Waals surface area contributed by atoms with Gasteiger partial charge in [-0.05, 0) is 30.3 Å². The van der Waals surface area contributed by atoms with Crippen LogP contribution in [0.4, 0.5) is 0 Å². The summed E-state index contributed by atoms with van der Waals surface area (Å²) < 4.78 is 8.17. The third kappa shape index (κ3) is 2.55. The van der Waals surface area contributed by atoms with Crippen molar-refractivity contribution in [1.29, 1.82) is 0 Å². The van der Waals surface area contributed by atoms with Gasteiger partial charge in [0.2, 0.25) is 0 Å². The minimum atomic E-state index is 0.417. The number of hydrogen-bond donors (Lipinski definition) is 1. The molecule has 0 saturated carbocycles. The van der Waals surface area contributed by atoms with Crippen molar-refractivity contribution in [2.75, 3.05) is 0 Å². The van der Waals surface area contributed by atoms with Gasteiger partial charge in [-0.25, -0.2) is 0 Å². The van der Waals surface area contributed by atoms with E-state index < -0.39 is 0 Å². The third-order valence-corrected chi connectivity index (χ3v) is 3.05. The lowest BCUT2D eigenvalue weighted by molar-refractivity contribution is 0.288. The first-order valence-corrected chi connectivity index (χ1v) is 5.94. The van der Waals surface area contributed by atoms with Gasteiger partial charge >= 0.3 is 0 Å². The van der Waals surface area contributed by atoms with Crippen molar-refractivity contribution in [1.82, 2.24) is 14.8 Å². The van der Waals surface area contributed by atoms with E-state index in [0.717, 1.165) is 18.0 Å². The van der Waals surface area contributed by atoms with Gasteiger partial charge in [-0.1, -0.05) is 25.1 Å². The van der Waals surface area contributed by atoms with Gasteiger partial charge in [0, 0.05) is 7.05 Å². The van der Waals surface area contributed by atoms with E-state index >= 15 is 0 Å². The first-order valence-electron chi connectivity index (χ1n) is 5.53. The normalized spacial score (nSPS) is 10.5. The van der Waals surface area contributed by atoms with Crippen LogP contribution < -0.4 is 4.74 Å². The zero-order chi connectivity index (χ0) is 12.3. The Labute approximate surface area is 105 Å². The first kappa shape index (κ1) is 11.9. The summed E-state index contributed by atoms with van der Waals surface area (Å²) in [6, 6.07) is 8.03. The zero-order valence-electron chi connectivity index (χ0n) is 9.93. The predicted molar refractivity (Wildman–Crippen MR) is 68.5 cm³/mol. The predicted octanol–water partition coefficient (Wildman–Crippen LogP) is 2.62. The van der Waals surface area contributed by atoms with Gasteiger partial charge in [-0.2, -0.15) is 5.10 Å².